The molecular weight excluding hydrogens is 847 g/mol. The number of nitrogens with one attached hydrogen (secondary N) is 4. The SMILES string of the molecule is C=C(C)c1ccc(N2[C@@H](c3ccc4[nH]c([C@@H]5CCC(=C)N5C(=O)[C@@H](NC(=O)OC)C(C)C)nc4c3)CC[C@@H]2c2ccc3[nH]c([C@@H]4CCC(C)(C)N4C(=O)[C@@H](NC(=O)OC)C(C)C)nc3c2)cc1. The number of imidazole rings is 2. The van der Waals surface area contributed by atoms with Gasteiger partial charge < -0.3 is 44.8 Å². The maximum Gasteiger partial charge on any atom is 0.407 e. The van der Waals surface area contributed by atoms with Gasteiger partial charge in [-0.05, 0) is 124 Å². The fourth-order valence-corrected chi connectivity index (χ4v) is 10.5. The van der Waals surface area contributed by atoms with Crippen LogP contribution in [0.5, 0.6) is 0 Å². The van der Waals surface area contributed by atoms with E-state index in [0.717, 1.165) is 81.5 Å². The van der Waals surface area contributed by atoms with Crippen LogP contribution in [0.3, 0.4) is 0 Å². The van der Waals surface area contributed by atoms with Crippen molar-refractivity contribution in [2.75, 3.05) is 19.1 Å². The van der Waals surface area contributed by atoms with Crippen molar-refractivity contribution in [1.29, 1.82) is 0 Å². The zero-order valence-corrected chi connectivity index (χ0v) is 40.2. The van der Waals surface area contributed by atoms with Crippen LogP contribution >= 0.6 is 0 Å². The maximum atomic E-state index is 14.3. The molecule has 0 saturated carbocycles. The second kappa shape index (κ2) is 18.6. The summed E-state index contributed by atoms with van der Waals surface area (Å²) >= 11 is 0. The Labute approximate surface area is 392 Å². The molecule has 6 atom stereocenters. The average molecular weight is 912 g/mol. The molecule has 4 amide bonds. The van der Waals surface area contributed by atoms with Crippen LogP contribution in [0.15, 0.2) is 79.5 Å². The van der Waals surface area contributed by atoms with Gasteiger partial charge in [-0.1, -0.05) is 70.7 Å². The van der Waals surface area contributed by atoms with Crippen molar-refractivity contribution < 1.29 is 28.7 Å². The van der Waals surface area contributed by atoms with Gasteiger partial charge >= 0.3 is 12.2 Å². The molecule has 354 valence electrons. The summed E-state index contributed by atoms with van der Waals surface area (Å²) in [5.41, 5.74) is 9.05. The summed E-state index contributed by atoms with van der Waals surface area (Å²) in [5, 5.41) is 5.49. The van der Waals surface area contributed by atoms with Crippen LogP contribution in [0.2, 0.25) is 0 Å². The van der Waals surface area contributed by atoms with E-state index in [0.29, 0.717) is 24.4 Å². The number of amides is 4. The zero-order valence-electron chi connectivity index (χ0n) is 40.2. The highest BCUT2D eigenvalue weighted by Crippen LogP contribution is 2.49. The Kier molecular flexibility index (Phi) is 13.0. The van der Waals surface area contributed by atoms with Crippen LogP contribution in [0, 0.1) is 11.8 Å². The Morgan fingerprint density at radius 2 is 1.22 bits per heavy atom. The molecule has 0 unspecified atom stereocenters. The van der Waals surface area contributed by atoms with Gasteiger partial charge in [0, 0.05) is 16.9 Å². The minimum absolute atomic E-state index is 0.0176. The lowest BCUT2D eigenvalue weighted by molar-refractivity contribution is -0.140. The van der Waals surface area contributed by atoms with E-state index in [1.807, 2.05) is 39.5 Å². The van der Waals surface area contributed by atoms with Gasteiger partial charge in [-0.25, -0.2) is 19.6 Å². The molecule has 5 heterocycles. The number of H-pyrrole nitrogens is 2. The molecule has 0 spiro atoms. The molecule has 67 heavy (non-hydrogen) atoms. The van der Waals surface area contributed by atoms with Crippen LogP contribution in [-0.2, 0) is 19.1 Å². The Balaban J connectivity index is 1.10. The van der Waals surface area contributed by atoms with Crippen molar-refractivity contribution in [2.24, 2.45) is 11.8 Å². The minimum Gasteiger partial charge on any atom is -0.453 e. The molecule has 4 N–H and O–H groups in total. The van der Waals surface area contributed by atoms with E-state index < -0.39 is 29.8 Å². The summed E-state index contributed by atoms with van der Waals surface area (Å²) in [4.78, 5) is 76.3. The first kappa shape index (κ1) is 46.9. The summed E-state index contributed by atoms with van der Waals surface area (Å²) < 4.78 is 9.71. The highest BCUT2D eigenvalue weighted by Gasteiger charge is 2.47. The van der Waals surface area contributed by atoms with Gasteiger partial charge in [-0.15, -0.1) is 0 Å². The van der Waals surface area contributed by atoms with Crippen molar-refractivity contribution in [1.82, 2.24) is 40.4 Å². The molecule has 0 aliphatic carbocycles. The lowest BCUT2D eigenvalue weighted by Gasteiger charge is -2.38. The largest absolute Gasteiger partial charge is 0.453 e. The zero-order chi connectivity index (χ0) is 48.1. The maximum absolute atomic E-state index is 14.3. The quantitative estimate of drug-likeness (QED) is 0.0949. The number of anilines is 1. The number of nitrogens with zero attached hydrogens (tertiary/aromatic N) is 5. The molecule has 0 bridgehead atoms. The number of likely N-dealkylation sites (tertiary alicyclic amines) is 2. The van der Waals surface area contributed by atoms with Crippen molar-refractivity contribution in [3.63, 3.8) is 0 Å². The fourth-order valence-electron chi connectivity index (χ4n) is 10.5. The first-order valence-electron chi connectivity index (χ1n) is 23.5. The molecule has 2 aromatic heterocycles. The summed E-state index contributed by atoms with van der Waals surface area (Å²) in [6.45, 7) is 22.2. The van der Waals surface area contributed by atoms with Crippen molar-refractivity contribution in [3.05, 3.63) is 108 Å². The third-order valence-electron chi connectivity index (χ3n) is 14.1. The molecule has 5 aromatic rings. The van der Waals surface area contributed by atoms with E-state index in [4.69, 9.17) is 19.4 Å². The van der Waals surface area contributed by atoms with Crippen LogP contribution in [-0.4, -0.2) is 85.6 Å². The minimum atomic E-state index is -0.788. The number of fused-ring (bicyclic) bond motifs is 2. The first-order valence-corrected chi connectivity index (χ1v) is 23.5. The molecule has 3 aromatic carbocycles. The second-order valence-electron chi connectivity index (χ2n) is 19.8. The van der Waals surface area contributed by atoms with Crippen molar-refractivity contribution in [2.45, 2.75) is 129 Å². The Bertz CT molecular complexity index is 2720. The predicted molar refractivity (Wildman–Crippen MR) is 260 cm³/mol. The number of carbonyl (C=O) groups excluding carboxylic acids is 4. The number of hydrogen-bond donors (Lipinski definition) is 4. The summed E-state index contributed by atoms with van der Waals surface area (Å²) in [5.74, 6) is 0.667. The van der Waals surface area contributed by atoms with Crippen LogP contribution in [0.25, 0.3) is 27.6 Å². The topological polar surface area (TPSA) is 178 Å². The van der Waals surface area contributed by atoms with E-state index in [-0.39, 0.29) is 47.8 Å². The lowest BCUT2D eigenvalue weighted by Crippen LogP contribution is -2.55. The molecule has 3 saturated heterocycles. The normalized spacial score (nSPS) is 21.4. The van der Waals surface area contributed by atoms with E-state index in [1.54, 1.807) is 4.90 Å². The van der Waals surface area contributed by atoms with Crippen LogP contribution in [0.4, 0.5) is 15.3 Å². The Morgan fingerprint density at radius 3 is 1.72 bits per heavy atom. The number of rotatable bonds is 12. The smallest absolute Gasteiger partial charge is 0.407 e. The highest BCUT2D eigenvalue weighted by molar-refractivity contribution is 5.89. The number of hydrogen-bond acceptors (Lipinski definition) is 9. The summed E-state index contributed by atoms with van der Waals surface area (Å²) in [6.07, 6.45) is 3.28. The van der Waals surface area contributed by atoms with Gasteiger partial charge in [0.2, 0.25) is 11.8 Å². The van der Waals surface area contributed by atoms with Crippen LogP contribution < -0.4 is 15.5 Å². The summed E-state index contributed by atoms with van der Waals surface area (Å²) in [6, 6.07) is 19.3. The van der Waals surface area contributed by atoms with Gasteiger partial charge in [0.1, 0.15) is 23.7 Å². The number of aromatic nitrogens is 4. The molecule has 8 rings (SSSR count). The van der Waals surface area contributed by atoms with E-state index in [1.165, 1.54) is 14.2 Å². The molecule has 3 fully saturated rings. The van der Waals surface area contributed by atoms with E-state index in [9.17, 15) is 19.2 Å². The molecular formula is C52H65N9O6. The number of carbonyl (C=O) groups is 4. The van der Waals surface area contributed by atoms with Gasteiger partial charge in [-0.2, -0.15) is 0 Å². The average Bonchev–Trinajstić information content (AvgIpc) is 4.14. The van der Waals surface area contributed by atoms with Gasteiger partial charge in [0.15, 0.2) is 0 Å². The van der Waals surface area contributed by atoms with E-state index >= 15 is 0 Å². The second-order valence-corrected chi connectivity index (χ2v) is 19.8. The molecule has 0 radical (unpaired) electrons. The number of allylic oxidation sites excluding steroid dienone is 2. The van der Waals surface area contributed by atoms with Crippen LogP contribution in [0.1, 0.15) is 139 Å². The molecule has 3 aliphatic heterocycles. The Hall–Kier alpha value is -6.64. The van der Waals surface area contributed by atoms with Gasteiger partial charge in [-0.3, -0.25) is 9.59 Å². The van der Waals surface area contributed by atoms with Gasteiger partial charge in [0.25, 0.3) is 0 Å². The van der Waals surface area contributed by atoms with E-state index in [2.05, 4.69) is 113 Å². The fraction of sp³-hybridized carbons (Fsp3) is 0.462. The lowest BCUT2D eigenvalue weighted by atomic mass is 9.98. The molecule has 15 heteroatoms. The predicted octanol–water partition coefficient (Wildman–Crippen LogP) is 9.94. The van der Waals surface area contributed by atoms with Gasteiger partial charge in [0.05, 0.1) is 60.5 Å². The highest BCUT2D eigenvalue weighted by atomic mass is 16.5. The first-order chi connectivity index (χ1) is 31.9. The third-order valence-corrected chi connectivity index (χ3v) is 14.1. The molecule has 3 aliphatic rings. The summed E-state index contributed by atoms with van der Waals surface area (Å²) in [7, 11) is 2.59. The standard InChI is InChI=1S/C52H65N9O6/c1-28(2)32-13-17-35(18-14-32)60-40(33-15-19-36-38(26-33)55-46(53-36)42-21-12-31(7)59(42)48(62)44(29(3)4)57-50(64)66-10)22-23-41(60)34-16-20-37-39(27-34)56-47(54-37)43-24-25-52(8,9)61(43)49(63)45(30(5)6)58-51(65)67-11/h13-20,26-27,29-30,40-45H,1,7,12,21-25H2,2-6,8-11H3,(H,53,55)(H,54,56)(H,57,64)(H,58,65)/t40-,41-,42+,43+,44+,45+/m1/s1. The number of alkyl carbamates (subject to hydrolysis) is 2. The third kappa shape index (κ3) is 8.99. The van der Waals surface area contributed by atoms with Crippen molar-refractivity contribution >= 4 is 57.3 Å². The number of ether oxygens (including phenoxy) is 2. The monoisotopic (exact) mass is 912 g/mol. The number of benzene rings is 3. The Morgan fingerprint density at radius 1 is 0.716 bits per heavy atom. The number of methoxy groups -OCH3 is 2. The van der Waals surface area contributed by atoms with Crippen molar-refractivity contribution in [3.8, 4) is 0 Å². The molecule has 15 nitrogen and oxygen atoms in total. The number of aromatic amines is 2.